The highest BCUT2D eigenvalue weighted by molar-refractivity contribution is 7.99. The van der Waals surface area contributed by atoms with E-state index >= 15 is 0 Å². The molecule has 0 saturated heterocycles. The number of thioether (sulfide) groups is 1. The van der Waals surface area contributed by atoms with E-state index in [1.165, 1.54) is 6.21 Å². The van der Waals surface area contributed by atoms with Crippen molar-refractivity contribution in [1.82, 2.24) is 9.97 Å². The molecule has 0 spiro atoms. The zero-order chi connectivity index (χ0) is 15.4. The molecule has 112 valence electrons. The van der Waals surface area contributed by atoms with Crippen molar-refractivity contribution >= 4 is 39.8 Å². The molecule has 0 aliphatic carbocycles. The summed E-state index contributed by atoms with van der Waals surface area (Å²) in [6.45, 7) is 0.670. The predicted octanol–water partition coefficient (Wildman–Crippen LogP) is 3.33. The average molecular weight is 313 g/mol. The quantitative estimate of drug-likeness (QED) is 0.195. The molecule has 0 saturated carbocycles. The largest absolute Gasteiger partial charge is 0.411 e. The lowest BCUT2D eigenvalue weighted by Crippen LogP contribution is -1.96. The molecule has 5 nitrogen and oxygen atoms in total. The molecule has 0 radical (unpaired) electrons. The lowest BCUT2D eigenvalue weighted by molar-refractivity contribution is 0.218. The molecule has 6 heteroatoms. The number of benzene rings is 1. The van der Waals surface area contributed by atoms with Gasteiger partial charge in [0.25, 0.3) is 0 Å². The van der Waals surface area contributed by atoms with Gasteiger partial charge >= 0.3 is 0 Å². The van der Waals surface area contributed by atoms with Crippen LogP contribution < -0.4 is 0 Å². The van der Waals surface area contributed by atoms with Crippen molar-refractivity contribution in [3.05, 3.63) is 42.2 Å². The second-order valence-corrected chi connectivity index (χ2v) is 5.80. The number of pyridine rings is 2. The molecule has 3 rings (SSSR count). The molecule has 1 N–H and O–H groups in total. The number of nitrogens with zero attached hydrogens (tertiary/aromatic N) is 3. The van der Waals surface area contributed by atoms with Gasteiger partial charge in [0.05, 0.1) is 29.5 Å². The van der Waals surface area contributed by atoms with Crippen molar-refractivity contribution < 1.29 is 9.94 Å². The Morgan fingerprint density at radius 1 is 1.32 bits per heavy atom. The summed E-state index contributed by atoms with van der Waals surface area (Å²) in [5.74, 6) is 0.839. The first-order valence-corrected chi connectivity index (χ1v) is 7.79. The van der Waals surface area contributed by atoms with Gasteiger partial charge < -0.3 is 9.94 Å². The number of rotatable bonds is 5. The Bertz CT molecular complexity index is 836. The van der Waals surface area contributed by atoms with Gasteiger partial charge in [-0.1, -0.05) is 23.4 Å². The standard InChI is InChI=1S/C16H15N3O2S/c1-21-7-8-22-14-9-12(10-18-20)19-16-13(14)5-4-11-3-2-6-17-15(11)16/h2-6,9-10,20H,7-8H2,1H3. The Balaban J connectivity index is 2.21. The fourth-order valence-corrected chi connectivity index (χ4v) is 3.29. The Hall–Kier alpha value is -2.18. The number of fused-ring (bicyclic) bond motifs is 3. The number of hydrogen-bond acceptors (Lipinski definition) is 6. The minimum absolute atomic E-state index is 0.605. The second-order valence-electron chi connectivity index (χ2n) is 4.67. The van der Waals surface area contributed by atoms with E-state index in [1.54, 1.807) is 25.1 Å². The van der Waals surface area contributed by atoms with Crippen LogP contribution in [-0.4, -0.2) is 40.9 Å². The van der Waals surface area contributed by atoms with Gasteiger partial charge in [-0.05, 0) is 12.1 Å². The number of methoxy groups -OCH3 is 1. The molecule has 0 bridgehead atoms. The highest BCUT2D eigenvalue weighted by Gasteiger charge is 2.10. The van der Waals surface area contributed by atoms with Crippen LogP contribution in [0.2, 0.25) is 0 Å². The first kappa shape index (κ1) is 14.7. The van der Waals surface area contributed by atoms with Gasteiger partial charge in [-0.3, -0.25) is 4.98 Å². The van der Waals surface area contributed by atoms with Crippen LogP contribution in [0.25, 0.3) is 21.8 Å². The highest BCUT2D eigenvalue weighted by Crippen LogP contribution is 2.31. The van der Waals surface area contributed by atoms with Gasteiger partial charge in [0.1, 0.15) is 0 Å². The molecule has 3 aromatic rings. The molecular formula is C16H15N3O2S. The van der Waals surface area contributed by atoms with E-state index in [-0.39, 0.29) is 0 Å². The zero-order valence-electron chi connectivity index (χ0n) is 12.1. The zero-order valence-corrected chi connectivity index (χ0v) is 12.9. The summed E-state index contributed by atoms with van der Waals surface area (Å²) in [7, 11) is 1.69. The molecule has 0 aliphatic heterocycles. The third-order valence-electron chi connectivity index (χ3n) is 3.27. The van der Waals surface area contributed by atoms with Crippen LogP contribution in [0.15, 0.2) is 46.6 Å². The van der Waals surface area contributed by atoms with E-state index in [1.807, 2.05) is 24.3 Å². The monoisotopic (exact) mass is 313 g/mol. The minimum Gasteiger partial charge on any atom is -0.411 e. The van der Waals surface area contributed by atoms with E-state index < -0.39 is 0 Å². The molecule has 0 fully saturated rings. The van der Waals surface area contributed by atoms with E-state index in [9.17, 15) is 0 Å². The summed E-state index contributed by atoms with van der Waals surface area (Å²) in [6, 6.07) is 9.93. The second kappa shape index (κ2) is 6.72. The maximum absolute atomic E-state index is 8.80. The Labute approximate surface area is 132 Å². The van der Waals surface area contributed by atoms with E-state index in [2.05, 4.69) is 21.2 Å². The van der Waals surface area contributed by atoms with E-state index in [4.69, 9.17) is 9.94 Å². The highest BCUT2D eigenvalue weighted by atomic mass is 32.2. The van der Waals surface area contributed by atoms with Crippen molar-refractivity contribution in [2.75, 3.05) is 19.5 Å². The fourth-order valence-electron chi connectivity index (χ4n) is 2.29. The summed E-state index contributed by atoms with van der Waals surface area (Å²) >= 11 is 1.69. The van der Waals surface area contributed by atoms with Crippen LogP contribution in [-0.2, 0) is 4.74 Å². The first-order chi connectivity index (χ1) is 10.8. The van der Waals surface area contributed by atoms with Gasteiger partial charge in [0.2, 0.25) is 0 Å². The lowest BCUT2D eigenvalue weighted by Gasteiger charge is -2.09. The van der Waals surface area contributed by atoms with Crippen LogP contribution in [0.5, 0.6) is 0 Å². The molecule has 22 heavy (non-hydrogen) atoms. The molecule has 0 unspecified atom stereocenters. The molecule has 0 aliphatic rings. The van der Waals surface area contributed by atoms with Gasteiger partial charge in [-0.25, -0.2) is 4.98 Å². The minimum atomic E-state index is 0.605. The third-order valence-corrected chi connectivity index (χ3v) is 4.29. The Kier molecular flexibility index (Phi) is 4.50. The smallest absolute Gasteiger partial charge is 0.0983 e. The first-order valence-electron chi connectivity index (χ1n) is 6.81. The van der Waals surface area contributed by atoms with Crippen LogP contribution >= 0.6 is 11.8 Å². The molecule has 0 atom stereocenters. The van der Waals surface area contributed by atoms with Crippen molar-refractivity contribution in [3.63, 3.8) is 0 Å². The van der Waals surface area contributed by atoms with Gasteiger partial charge in [-0.15, -0.1) is 11.8 Å². The summed E-state index contributed by atoms with van der Waals surface area (Å²) < 4.78 is 5.11. The summed E-state index contributed by atoms with van der Waals surface area (Å²) in [5.41, 5.74) is 2.27. The molecule has 0 amide bonds. The number of ether oxygens (including phenoxy) is 1. The topological polar surface area (TPSA) is 67.6 Å². The fraction of sp³-hybridized carbons (Fsp3) is 0.188. The summed E-state index contributed by atoms with van der Waals surface area (Å²) in [4.78, 5) is 10.1. The van der Waals surface area contributed by atoms with Gasteiger partial charge in [-0.2, -0.15) is 0 Å². The Morgan fingerprint density at radius 3 is 3.05 bits per heavy atom. The van der Waals surface area contributed by atoms with Gasteiger partial charge in [0, 0.05) is 34.7 Å². The van der Waals surface area contributed by atoms with E-state index in [0.717, 1.165) is 32.5 Å². The normalized spacial score (nSPS) is 11.7. The van der Waals surface area contributed by atoms with Gasteiger partial charge in [0.15, 0.2) is 0 Å². The number of oxime groups is 1. The Morgan fingerprint density at radius 2 is 2.23 bits per heavy atom. The van der Waals surface area contributed by atoms with Crippen molar-refractivity contribution in [1.29, 1.82) is 0 Å². The summed E-state index contributed by atoms with van der Waals surface area (Å²) in [5, 5.41) is 14.0. The van der Waals surface area contributed by atoms with Crippen LogP contribution in [0.1, 0.15) is 5.69 Å². The maximum atomic E-state index is 8.80. The lowest BCUT2D eigenvalue weighted by atomic mass is 10.1. The maximum Gasteiger partial charge on any atom is 0.0983 e. The van der Waals surface area contributed by atoms with Crippen LogP contribution in [0.4, 0.5) is 0 Å². The van der Waals surface area contributed by atoms with E-state index in [0.29, 0.717) is 12.3 Å². The average Bonchev–Trinajstić information content (AvgIpc) is 2.55. The van der Waals surface area contributed by atoms with Crippen molar-refractivity contribution in [3.8, 4) is 0 Å². The molecule has 2 aromatic heterocycles. The SMILES string of the molecule is COCCSc1cc(C=NO)nc2c1ccc1cccnc12. The van der Waals surface area contributed by atoms with Crippen LogP contribution in [0, 0.1) is 0 Å². The molecule has 2 heterocycles. The molecule has 1 aromatic carbocycles. The van der Waals surface area contributed by atoms with Crippen LogP contribution in [0.3, 0.4) is 0 Å². The predicted molar refractivity (Wildman–Crippen MR) is 89.0 cm³/mol. The third kappa shape index (κ3) is 2.88. The van der Waals surface area contributed by atoms with Crippen molar-refractivity contribution in [2.45, 2.75) is 4.90 Å². The summed E-state index contributed by atoms with van der Waals surface area (Å²) in [6.07, 6.45) is 3.09. The van der Waals surface area contributed by atoms with Crippen molar-refractivity contribution in [2.24, 2.45) is 5.16 Å². The molecular weight excluding hydrogens is 298 g/mol. The number of hydrogen-bond donors (Lipinski definition) is 1. The number of aromatic nitrogens is 2.